The van der Waals surface area contributed by atoms with E-state index >= 15 is 0 Å². The third kappa shape index (κ3) is 4.93. The second kappa shape index (κ2) is 10.4. The number of rotatable bonds is 6. The molecule has 0 unspecified atom stereocenters. The van der Waals surface area contributed by atoms with Crippen LogP contribution in [0.15, 0.2) is 115 Å². The largest absolute Gasteiger partial charge is 0.457 e. The zero-order chi connectivity index (χ0) is 26.8. The number of para-hydroxylation sites is 3. The average Bonchev–Trinajstić information content (AvgIpc) is 3.30. The summed E-state index contributed by atoms with van der Waals surface area (Å²) in [5.41, 5.74) is 3.19. The molecular formula is C31H22N4O3S. The van der Waals surface area contributed by atoms with Gasteiger partial charge in [-0.25, -0.2) is 4.98 Å². The van der Waals surface area contributed by atoms with E-state index < -0.39 is 11.8 Å². The Morgan fingerprint density at radius 1 is 0.795 bits per heavy atom. The van der Waals surface area contributed by atoms with E-state index in [2.05, 4.69) is 5.32 Å². The number of hydrogen-bond acceptors (Lipinski definition) is 5. The number of hydrogen-bond donors (Lipinski definition) is 1. The molecule has 1 fully saturated rings. The van der Waals surface area contributed by atoms with Crippen molar-refractivity contribution in [3.05, 3.63) is 126 Å². The van der Waals surface area contributed by atoms with E-state index in [1.807, 2.05) is 89.5 Å². The Bertz CT molecular complexity index is 1730. The molecule has 0 saturated carbocycles. The van der Waals surface area contributed by atoms with E-state index in [0.29, 0.717) is 29.6 Å². The number of carbonyl (C=O) groups is 2. The molecule has 5 aromatic rings. The zero-order valence-electron chi connectivity index (χ0n) is 20.7. The van der Waals surface area contributed by atoms with Crippen molar-refractivity contribution >= 4 is 51.9 Å². The van der Waals surface area contributed by atoms with Crippen LogP contribution < -0.4 is 15.0 Å². The van der Waals surface area contributed by atoms with E-state index in [1.54, 1.807) is 24.3 Å². The molecule has 1 aliphatic heterocycles. The Morgan fingerprint density at radius 2 is 1.44 bits per heavy atom. The van der Waals surface area contributed by atoms with Crippen LogP contribution in [0, 0.1) is 0 Å². The first-order valence-corrected chi connectivity index (χ1v) is 12.7. The van der Waals surface area contributed by atoms with Gasteiger partial charge in [0.1, 0.15) is 22.9 Å². The summed E-state index contributed by atoms with van der Waals surface area (Å²) in [6.07, 6.45) is 1.53. The van der Waals surface area contributed by atoms with E-state index in [-0.39, 0.29) is 10.7 Å². The van der Waals surface area contributed by atoms with Crippen molar-refractivity contribution in [2.24, 2.45) is 0 Å². The van der Waals surface area contributed by atoms with Crippen LogP contribution in [0.4, 0.5) is 5.69 Å². The first-order valence-electron chi connectivity index (χ1n) is 12.3. The maximum Gasteiger partial charge on any atom is 0.270 e. The van der Waals surface area contributed by atoms with Crippen LogP contribution in [0.3, 0.4) is 0 Å². The predicted molar refractivity (Wildman–Crippen MR) is 154 cm³/mol. The summed E-state index contributed by atoms with van der Waals surface area (Å²) in [7, 11) is 0. The molecule has 2 heterocycles. The summed E-state index contributed by atoms with van der Waals surface area (Å²) < 4.78 is 7.85. The molecule has 0 radical (unpaired) electrons. The number of anilines is 1. The number of aromatic nitrogens is 2. The van der Waals surface area contributed by atoms with Gasteiger partial charge in [0, 0.05) is 6.54 Å². The highest BCUT2D eigenvalue weighted by Crippen LogP contribution is 2.28. The standard InChI is InChI=1S/C31H22N4O3S/c36-29-25(19-28-32-26-13-7-8-14-27(26)34(28)20-21-9-3-1-4-10-21)30(37)35(31(39)33-29)22-15-17-24(18-16-22)38-23-11-5-2-6-12-23/h1-19H,20H2,(H,33,36,39). The molecule has 1 aromatic heterocycles. The molecule has 39 heavy (non-hydrogen) atoms. The lowest BCUT2D eigenvalue weighted by Gasteiger charge is -2.29. The number of imidazole rings is 1. The summed E-state index contributed by atoms with van der Waals surface area (Å²) in [6.45, 7) is 0.529. The van der Waals surface area contributed by atoms with Gasteiger partial charge in [0.05, 0.1) is 16.7 Å². The van der Waals surface area contributed by atoms with Crippen LogP contribution in [0.2, 0.25) is 0 Å². The van der Waals surface area contributed by atoms with Gasteiger partial charge in [0.2, 0.25) is 0 Å². The minimum absolute atomic E-state index is 0.0108. The molecule has 0 atom stereocenters. The predicted octanol–water partition coefficient (Wildman–Crippen LogP) is 5.71. The van der Waals surface area contributed by atoms with Crippen LogP contribution >= 0.6 is 12.2 Å². The summed E-state index contributed by atoms with van der Waals surface area (Å²) in [5.74, 6) is 0.709. The third-order valence-electron chi connectivity index (χ3n) is 6.32. The Hall–Kier alpha value is -5.08. The molecule has 0 spiro atoms. The van der Waals surface area contributed by atoms with Gasteiger partial charge in [0.15, 0.2) is 5.11 Å². The van der Waals surface area contributed by atoms with E-state index in [4.69, 9.17) is 21.9 Å². The van der Waals surface area contributed by atoms with Crippen molar-refractivity contribution < 1.29 is 14.3 Å². The lowest BCUT2D eigenvalue weighted by atomic mass is 10.1. The topological polar surface area (TPSA) is 76.5 Å². The van der Waals surface area contributed by atoms with Crippen LogP contribution in [-0.4, -0.2) is 26.5 Å². The van der Waals surface area contributed by atoms with Gasteiger partial charge < -0.3 is 9.30 Å². The maximum absolute atomic E-state index is 13.7. The van der Waals surface area contributed by atoms with Crippen molar-refractivity contribution in [2.75, 3.05) is 4.90 Å². The third-order valence-corrected chi connectivity index (χ3v) is 6.60. The first kappa shape index (κ1) is 24.3. The lowest BCUT2D eigenvalue weighted by molar-refractivity contribution is -0.122. The number of nitrogens with zero attached hydrogens (tertiary/aromatic N) is 3. The summed E-state index contributed by atoms with van der Waals surface area (Å²) in [5, 5.41) is 2.66. The number of fused-ring (bicyclic) bond motifs is 1. The summed E-state index contributed by atoms with van der Waals surface area (Å²) in [4.78, 5) is 32.7. The van der Waals surface area contributed by atoms with E-state index in [9.17, 15) is 9.59 Å². The number of benzene rings is 4. The van der Waals surface area contributed by atoms with Gasteiger partial charge >= 0.3 is 0 Å². The van der Waals surface area contributed by atoms with Crippen molar-refractivity contribution in [2.45, 2.75) is 6.54 Å². The quantitative estimate of drug-likeness (QED) is 0.173. The highest BCUT2D eigenvalue weighted by Gasteiger charge is 2.35. The van der Waals surface area contributed by atoms with Gasteiger partial charge in [-0.2, -0.15) is 0 Å². The van der Waals surface area contributed by atoms with Gasteiger partial charge in [-0.05, 0) is 72.4 Å². The normalized spacial score (nSPS) is 14.6. The minimum Gasteiger partial charge on any atom is -0.457 e. The molecule has 0 aliphatic carbocycles. The summed E-state index contributed by atoms with van der Waals surface area (Å²) in [6, 6.07) is 34.0. The van der Waals surface area contributed by atoms with E-state index in [0.717, 1.165) is 16.6 Å². The van der Waals surface area contributed by atoms with Crippen LogP contribution in [-0.2, 0) is 16.1 Å². The zero-order valence-corrected chi connectivity index (χ0v) is 21.5. The Balaban J connectivity index is 1.34. The molecule has 7 nitrogen and oxygen atoms in total. The van der Waals surface area contributed by atoms with Crippen molar-refractivity contribution in [3.8, 4) is 11.5 Å². The van der Waals surface area contributed by atoms with Crippen molar-refractivity contribution in [1.82, 2.24) is 14.9 Å². The second-order valence-corrected chi connectivity index (χ2v) is 9.28. The molecule has 190 valence electrons. The molecule has 2 amide bonds. The molecule has 1 N–H and O–H groups in total. The minimum atomic E-state index is -0.566. The lowest BCUT2D eigenvalue weighted by Crippen LogP contribution is -2.54. The molecule has 1 aliphatic rings. The first-order chi connectivity index (χ1) is 19.1. The Kier molecular flexibility index (Phi) is 6.44. The molecular weight excluding hydrogens is 508 g/mol. The van der Waals surface area contributed by atoms with E-state index in [1.165, 1.54) is 11.0 Å². The van der Waals surface area contributed by atoms with Gasteiger partial charge in [-0.1, -0.05) is 60.7 Å². The molecule has 8 heteroatoms. The molecule has 0 bridgehead atoms. The number of amides is 2. The van der Waals surface area contributed by atoms with Crippen LogP contribution in [0.5, 0.6) is 11.5 Å². The number of thiocarbonyl (C=S) groups is 1. The smallest absolute Gasteiger partial charge is 0.270 e. The monoisotopic (exact) mass is 530 g/mol. The van der Waals surface area contributed by atoms with Crippen LogP contribution in [0.1, 0.15) is 11.4 Å². The SMILES string of the molecule is O=C1NC(=S)N(c2ccc(Oc3ccccc3)cc2)C(=O)C1=Cc1nc2ccccc2n1Cc1ccccc1. The molecule has 6 rings (SSSR count). The summed E-state index contributed by atoms with van der Waals surface area (Å²) >= 11 is 5.38. The van der Waals surface area contributed by atoms with Crippen molar-refractivity contribution in [1.29, 1.82) is 0 Å². The Morgan fingerprint density at radius 3 is 2.18 bits per heavy atom. The van der Waals surface area contributed by atoms with Gasteiger partial charge in [-0.15, -0.1) is 0 Å². The highest BCUT2D eigenvalue weighted by atomic mass is 32.1. The maximum atomic E-state index is 13.7. The number of ether oxygens (including phenoxy) is 1. The Labute approximate surface area is 230 Å². The molecule has 1 saturated heterocycles. The van der Waals surface area contributed by atoms with Gasteiger partial charge in [-0.3, -0.25) is 19.8 Å². The fraction of sp³-hybridized carbons (Fsp3) is 0.0323. The fourth-order valence-corrected chi connectivity index (χ4v) is 4.73. The molecule has 4 aromatic carbocycles. The number of nitrogens with one attached hydrogen (secondary N) is 1. The van der Waals surface area contributed by atoms with Crippen LogP contribution in [0.25, 0.3) is 17.1 Å². The average molecular weight is 531 g/mol. The highest BCUT2D eigenvalue weighted by molar-refractivity contribution is 7.80. The second-order valence-electron chi connectivity index (χ2n) is 8.90. The van der Waals surface area contributed by atoms with Gasteiger partial charge in [0.25, 0.3) is 11.8 Å². The van der Waals surface area contributed by atoms with Crippen molar-refractivity contribution in [3.63, 3.8) is 0 Å². The fourth-order valence-electron chi connectivity index (χ4n) is 4.45. The number of carbonyl (C=O) groups excluding carboxylic acids is 2.